The van der Waals surface area contributed by atoms with Crippen LogP contribution in [0, 0.1) is 11.3 Å². The number of anilines is 1. The second kappa shape index (κ2) is 4.88. The molecular weight excluding hydrogens is 230 g/mol. The van der Waals surface area contributed by atoms with Gasteiger partial charge in [0.2, 0.25) is 11.8 Å². The summed E-state index contributed by atoms with van der Waals surface area (Å²) in [5, 5.41) is 8.66. The van der Waals surface area contributed by atoms with Gasteiger partial charge in [-0.05, 0) is 17.7 Å². The van der Waals surface area contributed by atoms with E-state index in [1.54, 1.807) is 4.90 Å². The molecule has 0 unspecified atom stereocenters. The molecule has 0 saturated carbocycles. The Kier molecular flexibility index (Phi) is 3.28. The van der Waals surface area contributed by atoms with Gasteiger partial charge in [0.1, 0.15) is 0 Å². The van der Waals surface area contributed by atoms with E-state index in [0.29, 0.717) is 6.42 Å². The highest BCUT2D eigenvalue weighted by Gasteiger charge is 2.28. The maximum atomic E-state index is 11.6. The Morgan fingerprint density at radius 1 is 1.28 bits per heavy atom. The molecule has 1 aliphatic rings. The smallest absolute Gasteiger partial charge is 0.248 e. The van der Waals surface area contributed by atoms with Crippen LogP contribution >= 0.6 is 0 Å². The minimum Gasteiger partial charge on any atom is -0.353 e. The summed E-state index contributed by atoms with van der Waals surface area (Å²) in [4.78, 5) is 26.1. The highest BCUT2D eigenvalue weighted by molar-refractivity contribution is 6.02. The van der Waals surface area contributed by atoms with Crippen LogP contribution in [0.2, 0.25) is 0 Å². The van der Waals surface area contributed by atoms with Gasteiger partial charge in [0.25, 0.3) is 0 Å². The molecule has 0 aromatic heterocycles. The van der Waals surface area contributed by atoms with Crippen LogP contribution in [0.4, 0.5) is 5.69 Å². The van der Waals surface area contributed by atoms with E-state index < -0.39 is 0 Å². The quantitative estimate of drug-likeness (QED) is 0.712. The van der Waals surface area contributed by atoms with E-state index in [1.807, 2.05) is 24.3 Å². The lowest BCUT2D eigenvalue weighted by Crippen LogP contribution is -2.52. The van der Waals surface area contributed by atoms with E-state index in [1.165, 1.54) is 7.05 Å². The number of piperazine rings is 1. The monoisotopic (exact) mass is 243 g/mol. The standard InChI is InChI=1S/C13H13N3O2/c1-15-12(17)8-16(9-13(15)18)11-4-2-3-10(7-11)5-6-14/h2-4,7H,5,8-9H2,1H3. The minimum absolute atomic E-state index is 0.193. The molecule has 0 bridgehead atoms. The third-order valence-corrected chi connectivity index (χ3v) is 2.96. The number of hydrogen-bond acceptors (Lipinski definition) is 4. The van der Waals surface area contributed by atoms with Gasteiger partial charge in [-0.1, -0.05) is 12.1 Å². The molecule has 1 heterocycles. The van der Waals surface area contributed by atoms with Gasteiger partial charge in [0, 0.05) is 12.7 Å². The molecule has 5 nitrogen and oxygen atoms in total. The lowest BCUT2D eigenvalue weighted by molar-refractivity contribution is -0.143. The van der Waals surface area contributed by atoms with E-state index in [-0.39, 0.29) is 24.9 Å². The predicted molar refractivity (Wildman–Crippen MR) is 65.7 cm³/mol. The van der Waals surface area contributed by atoms with Gasteiger partial charge in [-0.2, -0.15) is 5.26 Å². The Hall–Kier alpha value is -2.35. The SMILES string of the molecule is CN1C(=O)CN(c2cccc(CC#N)c2)CC1=O. The summed E-state index contributed by atoms with van der Waals surface area (Å²) < 4.78 is 0. The van der Waals surface area contributed by atoms with Crippen molar-refractivity contribution < 1.29 is 9.59 Å². The van der Waals surface area contributed by atoms with Crippen molar-refractivity contribution in [2.45, 2.75) is 6.42 Å². The molecule has 0 radical (unpaired) electrons. The van der Waals surface area contributed by atoms with Gasteiger partial charge in [0.05, 0.1) is 25.6 Å². The van der Waals surface area contributed by atoms with Crippen molar-refractivity contribution in [3.8, 4) is 6.07 Å². The Bertz CT molecular complexity index is 515. The number of carbonyl (C=O) groups excluding carboxylic acids is 2. The Morgan fingerprint density at radius 2 is 1.94 bits per heavy atom. The van der Waals surface area contributed by atoms with E-state index in [4.69, 9.17) is 5.26 Å². The number of nitrogens with zero attached hydrogens (tertiary/aromatic N) is 3. The number of carbonyl (C=O) groups is 2. The molecule has 2 rings (SSSR count). The van der Waals surface area contributed by atoms with Crippen LogP contribution in [0.25, 0.3) is 0 Å². The highest BCUT2D eigenvalue weighted by atomic mass is 16.2. The molecule has 5 heteroatoms. The van der Waals surface area contributed by atoms with Crippen LogP contribution in [0.1, 0.15) is 5.56 Å². The lowest BCUT2D eigenvalue weighted by Gasteiger charge is -2.32. The van der Waals surface area contributed by atoms with Crippen molar-refractivity contribution in [3.63, 3.8) is 0 Å². The van der Waals surface area contributed by atoms with Crippen molar-refractivity contribution in [2.75, 3.05) is 25.0 Å². The summed E-state index contributed by atoms with van der Waals surface area (Å²) >= 11 is 0. The van der Waals surface area contributed by atoms with Crippen molar-refractivity contribution in [1.29, 1.82) is 5.26 Å². The van der Waals surface area contributed by atoms with Gasteiger partial charge in [-0.3, -0.25) is 14.5 Å². The fourth-order valence-corrected chi connectivity index (χ4v) is 1.87. The van der Waals surface area contributed by atoms with Crippen LogP contribution in [0.3, 0.4) is 0 Å². The fourth-order valence-electron chi connectivity index (χ4n) is 1.87. The summed E-state index contributed by atoms with van der Waals surface area (Å²) in [5.41, 5.74) is 1.69. The van der Waals surface area contributed by atoms with Gasteiger partial charge in [0.15, 0.2) is 0 Å². The van der Waals surface area contributed by atoms with Gasteiger partial charge in [-0.15, -0.1) is 0 Å². The van der Waals surface area contributed by atoms with Gasteiger partial charge >= 0.3 is 0 Å². The number of rotatable bonds is 2. The van der Waals surface area contributed by atoms with E-state index >= 15 is 0 Å². The Morgan fingerprint density at radius 3 is 2.56 bits per heavy atom. The molecule has 0 spiro atoms. The second-order valence-corrected chi connectivity index (χ2v) is 4.21. The lowest BCUT2D eigenvalue weighted by atomic mass is 10.1. The number of amides is 2. The number of nitriles is 1. The molecule has 0 aliphatic carbocycles. The molecule has 0 N–H and O–H groups in total. The molecule has 1 aromatic rings. The zero-order valence-electron chi connectivity index (χ0n) is 10.1. The molecule has 18 heavy (non-hydrogen) atoms. The predicted octanol–water partition coefficient (Wildman–Crippen LogP) is 0.558. The van der Waals surface area contributed by atoms with Gasteiger partial charge in [-0.25, -0.2) is 0 Å². The van der Waals surface area contributed by atoms with E-state index in [2.05, 4.69) is 6.07 Å². The van der Waals surface area contributed by atoms with Crippen LogP contribution in [0.15, 0.2) is 24.3 Å². The normalized spacial score (nSPS) is 15.8. The first-order chi connectivity index (χ1) is 8.61. The van der Waals surface area contributed by atoms with Crippen LogP contribution in [-0.2, 0) is 16.0 Å². The molecule has 1 aromatic carbocycles. The largest absolute Gasteiger partial charge is 0.353 e. The zero-order chi connectivity index (χ0) is 13.1. The van der Waals surface area contributed by atoms with Crippen molar-refractivity contribution in [2.24, 2.45) is 0 Å². The second-order valence-electron chi connectivity index (χ2n) is 4.21. The molecule has 1 fully saturated rings. The topological polar surface area (TPSA) is 64.4 Å². The van der Waals surface area contributed by atoms with Crippen LogP contribution in [-0.4, -0.2) is 36.9 Å². The van der Waals surface area contributed by atoms with E-state index in [9.17, 15) is 9.59 Å². The summed E-state index contributed by atoms with van der Waals surface area (Å²) in [7, 11) is 1.49. The Labute approximate surface area is 105 Å². The molecule has 0 atom stereocenters. The van der Waals surface area contributed by atoms with Crippen molar-refractivity contribution in [1.82, 2.24) is 4.90 Å². The van der Waals surface area contributed by atoms with Crippen LogP contribution in [0.5, 0.6) is 0 Å². The minimum atomic E-state index is -0.211. The molecule has 2 amide bonds. The summed E-state index contributed by atoms with van der Waals surface area (Å²) in [6.07, 6.45) is 0.323. The number of benzene rings is 1. The maximum absolute atomic E-state index is 11.6. The summed E-state index contributed by atoms with van der Waals surface area (Å²) in [6.45, 7) is 0.385. The first-order valence-corrected chi connectivity index (χ1v) is 5.62. The summed E-state index contributed by atoms with van der Waals surface area (Å²) in [5.74, 6) is -0.422. The number of hydrogen-bond donors (Lipinski definition) is 0. The fraction of sp³-hybridized carbons (Fsp3) is 0.308. The van der Waals surface area contributed by atoms with Crippen LogP contribution < -0.4 is 4.90 Å². The average molecular weight is 243 g/mol. The molecule has 92 valence electrons. The number of imide groups is 1. The number of likely N-dealkylation sites (N-methyl/N-ethyl adjacent to an activating group) is 1. The Balaban J connectivity index is 2.22. The van der Waals surface area contributed by atoms with Crippen molar-refractivity contribution in [3.05, 3.63) is 29.8 Å². The first kappa shape index (κ1) is 12.1. The molecule has 1 aliphatic heterocycles. The maximum Gasteiger partial charge on any atom is 0.248 e. The highest BCUT2D eigenvalue weighted by Crippen LogP contribution is 2.18. The van der Waals surface area contributed by atoms with Gasteiger partial charge < -0.3 is 4.90 Å². The first-order valence-electron chi connectivity index (χ1n) is 5.62. The average Bonchev–Trinajstić information content (AvgIpc) is 2.36. The summed E-state index contributed by atoms with van der Waals surface area (Å²) in [6, 6.07) is 9.44. The van der Waals surface area contributed by atoms with E-state index in [0.717, 1.165) is 16.2 Å². The third-order valence-electron chi connectivity index (χ3n) is 2.96. The van der Waals surface area contributed by atoms with Crippen molar-refractivity contribution >= 4 is 17.5 Å². The molecule has 1 saturated heterocycles. The molecular formula is C13H13N3O2. The zero-order valence-corrected chi connectivity index (χ0v) is 10.1. The third kappa shape index (κ3) is 2.33.